The van der Waals surface area contributed by atoms with Crippen molar-refractivity contribution in [2.24, 2.45) is 0 Å². The Balaban J connectivity index is 1.81. The minimum atomic E-state index is -0.542. The van der Waals surface area contributed by atoms with Gasteiger partial charge in [-0.1, -0.05) is 12.1 Å². The standard InChI is InChI=1S/C23H24FN5O/c1-14(2)29-22-20(26-13-16-7-9-17(30-4)10-8-16)12-19(27-21(22)15(3)28-29)18-6-5-11-25-23(18)24/h5-12,14H,13H2,1-4H3,(H,26,27). The number of rotatable bonds is 6. The van der Waals surface area contributed by atoms with Crippen molar-refractivity contribution in [2.45, 2.75) is 33.4 Å². The zero-order valence-electron chi connectivity index (χ0n) is 17.5. The first-order valence-corrected chi connectivity index (χ1v) is 9.85. The van der Waals surface area contributed by atoms with Gasteiger partial charge in [-0.25, -0.2) is 9.97 Å². The molecule has 154 valence electrons. The molecule has 0 radical (unpaired) electrons. The van der Waals surface area contributed by atoms with Gasteiger partial charge in [0.05, 0.1) is 29.7 Å². The van der Waals surface area contributed by atoms with E-state index in [0.29, 0.717) is 17.8 Å². The summed E-state index contributed by atoms with van der Waals surface area (Å²) in [5.74, 6) is 0.271. The third kappa shape index (κ3) is 3.70. The van der Waals surface area contributed by atoms with E-state index in [1.54, 1.807) is 19.2 Å². The van der Waals surface area contributed by atoms with Crippen LogP contribution in [0.2, 0.25) is 0 Å². The SMILES string of the molecule is COc1ccc(CNc2cc(-c3cccnc3F)nc3c(C)nn(C(C)C)c23)cc1. The molecule has 1 N–H and O–H groups in total. The van der Waals surface area contributed by atoms with E-state index in [1.165, 1.54) is 6.20 Å². The van der Waals surface area contributed by atoms with Gasteiger partial charge in [-0.05, 0) is 56.7 Å². The summed E-state index contributed by atoms with van der Waals surface area (Å²) in [6.45, 7) is 6.67. The molecule has 0 aliphatic carbocycles. The Hall–Kier alpha value is -3.48. The minimum Gasteiger partial charge on any atom is -0.497 e. The van der Waals surface area contributed by atoms with E-state index in [2.05, 4.69) is 29.2 Å². The number of hydrogen-bond donors (Lipinski definition) is 1. The first-order chi connectivity index (χ1) is 14.5. The molecule has 0 unspecified atom stereocenters. The second-order valence-electron chi connectivity index (χ2n) is 7.42. The number of benzene rings is 1. The molecule has 0 aliphatic heterocycles. The first kappa shape index (κ1) is 19.8. The van der Waals surface area contributed by atoms with Crippen molar-refractivity contribution in [1.29, 1.82) is 0 Å². The second-order valence-corrected chi connectivity index (χ2v) is 7.42. The van der Waals surface area contributed by atoms with Gasteiger partial charge in [0.15, 0.2) is 0 Å². The molecule has 4 aromatic rings. The number of pyridine rings is 2. The van der Waals surface area contributed by atoms with Crippen LogP contribution < -0.4 is 10.1 Å². The molecular weight excluding hydrogens is 381 g/mol. The van der Waals surface area contributed by atoms with Crippen molar-refractivity contribution in [1.82, 2.24) is 19.7 Å². The molecule has 0 aliphatic rings. The lowest BCUT2D eigenvalue weighted by Crippen LogP contribution is -2.07. The van der Waals surface area contributed by atoms with Crippen molar-refractivity contribution in [3.8, 4) is 17.0 Å². The van der Waals surface area contributed by atoms with Gasteiger partial charge in [-0.3, -0.25) is 4.68 Å². The molecule has 30 heavy (non-hydrogen) atoms. The van der Waals surface area contributed by atoms with Crippen molar-refractivity contribution < 1.29 is 9.13 Å². The third-order valence-corrected chi connectivity index (χ3v) is 4.99. The summed E-state index contributed by atoms with van der Waals surface area (Å²) in [5, 5.41) is 8.17. The number of aromatic nitrogens is 4. The van der Waals surface area contributed by atoms with Crippen molar-refractivity contribution >= 4 is 16.7 Å². The van der Waals surface area contributed by atoms with Crippen LogP contribution in [0.25, 0.3) is 22.3 Å². The molecule has 0 atom stereocenters. The Morgan fingerprint density at radius 3 is 2.60 bits per heavy atom. The van der Waals surface area contributed by atoms with Gasteiger partial charge in [0.2, 0.25) is 5.95 Å². The van der Waals surface area contributed by atoms with Crippen LogP contribution in [0.3, 0.4) is 0 Å². The van der Waals surface area contributed by atoms with Crippen LogP contribution >= 0.6 is 0 Å². The van der Waals surface area contributed by atoms with Gasteiger partial charge >= 0.3 is 0 Å². The van der Waals surface area contributed by atoms with E-state index in [0.717, 1.165) is 33.7 Å². The van der Waals surface area contributed by atoms with E-state index >= 15 is 0 Å². The Morgan fingerprint density at radius 1 is 1.17 bits per heavy atom. The third-order valence-electron chi connectivity index (χ3n) is 4.99. The number of fused-ring (bicyclic) bond motifs is 1. The van der Waals surface area contributed by atoms with Gasteiger partial charge < -0.3 is 10.1 Å². The molecular formula is C23H24FN5O. The van der Waals surface area contributed by atoms with E-state index < -0.39 is 5.95 Å². The molecule has 7 heteroatoms. The molecule has 3 aromatic heterocycles. The highest BCUT2D eigenvalue weighted by Crippen LogP contribution is 2.32. The van der Waals surface area contributed by atoms with E-state index in [9.17, 15) is 4.39 Å². The summed E-state index contributed by atoms with van der Waals surface area (Å²) in [5.41, 5.74) is 5.30. The predicted molar refractivity (Wildman–Crippen MR) is 116 cm³/mol. The van der Waals surface area contributed by atoms with Crippen LogP contribution in [0, 0.1) is 12.9 Å². The van der Waals surface area contributed by atoms with Crippen molar-refractivity contribution in [3.63, 3.8) is 0 Å². The molecule has 0 bridgehead atoms. The van der Waals surface area contributed by atoms with Gasteiger partial charge in [-0.2, -0.15) is 9.49 Å². The highest BCUT2D eigenvalue weighted by molar-refractivity contribution is 5.92. The van der Waals surface area contributed by atoms with Crippen LogP contribution in [-0.2, 0) is 6.54 Å². The number of hydrogen-bond acceptors (Lipinski definition) is 5. The fourth-order valence-electron chi connectivity index (χ4n) is 3.45. The Morgan fingerprint density at radius 2 is 1.93 bits per heavy atom. The smallest absolute Gasteiger partial charge is 0.222 e. The van der Waals surface area contributed by atoms with E-state index in [-0.39, 0.29) is 6.04 Å². The van der Waals surface area contributed by atoms with Crippen LogP contribution in [0.5, 0.6) is 5.75 Å². The van der Waals surface area contributed by atoms with Crippen LogP contribution in [0.15, 0.2) is 48.7 Å². The average molecular weight is 405 g/mol. The summed E-state index contributed by atoms with van der Waals surface area (Å²) in [7, 11) is 1.65. The average Bonchev–Trinajstić information content (AvgIpc) is 3.10. The topological polar surface area (TPSA) is 64.9 Å². The molecule has 1 aromatic carbocycles. The Labute approximate surface area is 174 Å². The number of ether oxygens (including phenoxy) is 1. The molecule has 0 saturated carbocycles. The number of nitrogens with one attached hydrogen (secondary N) is 1. The second kappa shape index (κ2) is 8.10. The fraction of sp³-hybridized carbons (Fsp3) is 0.261. The lowest BCUT2D eigenvalue weighted by molar-refractivity contribution is 0.414. The van der Waals surface area contributed by atoms with Gasteiger partial charge in [0, 0.05) is 18.8 Å². The summed E-state index contributed by atoms with van der Waals surface area (Å²) in [6, 6.07) is 13.3. The number of halogens is 1. The molecule has 0 saturated heterocycles. The molecule has 3 heterocycles. The maximum atomic E-state index is 14.4. The lowest BCUT2D eigenvalue weighted by Gasteiger charge is -2.14. The van der Waals surface area contributed by atoms with Crippen LogP contribution in [0.1, 0.15) is 31.1 Å². The largest absolute Gasteiger partial charge is 0.497 e. The zero-order valence-corrected chi connectivity index (χ0v) is 17.5. The first-order valence-electron chi connectivity index (χ1n) is 9.85. The predicted octanol–water partition coefficient (Wildman–Crippen LogP) is 5.14. The van der Waals surface area contributed by atoms with Crippen molar-refractivity contribution in [2.75, 3.05) is 12.4 Å². The van der Waals surface area contributed by atoms with Gasteiger partial charge in [-0.15, -0.1) is 0 Å². The highest BCUT2D eigenvalue weighted by atomic mass is 19.1. The maximum absolute atomic E-state index is 14.4. The van der Waals surface area contributed by atoms with Gasteiger partial charge in [0.25, 0.3) is 0 Å². The summed E-state index contributed by atoms with van der Waals surface area (Å²) < 4.78 is 21.5. The molecule has 0 spiro atoms. The number of aryl methyl sites for hydroxylation is 1. The summed E-state index contributed by atoms with van der Waals surface area (Å²) in [4.78, 5) is 8.50. The number of anilines is 1. The molecule has 4 rings (SSSR count). The number of nitrogens with zero attached hydrogens (tertiary/aromatic N) is 4. The minimum absolute atomic E-state index is 0.158. The summed E-state index contributed by atoms with van der Waals surface area (Å²) in [6.07, 6.45) is 1.43. The van der Waals surface area contributed by atoms with E-state index in [1.807, 2.05) is 41.9 Å². The normalized spacial score (nSPS) is 11.3. The van der Waals surface area contributed by atoms with Crippen LogP contribution in [-0.4, -0.2) is 26.9 Å². The fourth-order valence-corrected chi connectivity index (χ4v) is 3.45. The maximum Gasteiger partial charge on any atom is 0.222 e. The highest BCUT2D eigenvalue weighted by Gasteiger charge is 2.19. The Kier molecular flexibility index (Phi) is 5.35. The Bertz CT molecular complexity index is 1180. The summed E-state index contributed by atoms with van der Waals surface area (Å²) >= 11 is 0. The van der Waals surface area contributed by atoms with Gasteiger partial charge in [0.1, 0.15) is 16.8 Å². The van der Waals surface area contributed by atoms with Crippen LogP contribution in [0.4, 0.5) is 10.1 Å². The monoisotopic (exact) mass is 405 g/mol. The number of methoxy groups -OCH3 is 1. The molecule has 0 amide bonds. The zero-order chi connectivity index (χ0) is 21.3. The lowest BCUT2D eigenvalue weighted by atomic mass is 10.1. The quantitative estimate of drug-likeness (QED) is 0.450. The molecule has 6 nitrogen and oxygen atoms in total. The van der Waals surface area contributed by atoms with Crippen molar-refractivity contribution in [3.05, 3.63) is 65.9 Å². The van der Waals surface area contributed by atoms with E-state index in [4.69, 9.17) is 9.72 Å². The molecule has 0 fully saturated rings.